The molecule has 23 heavy (non-hydrogen) atoms. The van der Waals surface area contributed by atoms with E-state index in [-0.39, 0.29) is 0 Å². The van der Waals surface area contributed by atoms with Gasteiger partial charge >= 0.3 is 0 Å². The molecule has 6 heteroatoms. The van der Waals surface area contributed by atoms with Crippen LogP contribution in [0.15, 0.2) is 36.5 Å². The largest absolute Gasteiger partial charge is 0.492 e. The quantitative estimate of drug-likeness (QED) is 0.726. The van der Waals surface area contributed by atoms with Gasteiger partial charge in [0.25, 0.3) is 0 Å². The molecule has 1 aromatic carbocycles. The topological polar surface area (TPSA) is 66.0 Å². The van der Waals surface area contributed by atoms with E-state index in [0.717, 1.165) is 28.4 Å². The second-order valence-electron chi connectivity index (χ2n) is 5.81. The fourth-order valence-corrected chi connectivity index (χ4v) is 2.85. The van der Waals surface area contributed by atoms with Gasteiger partial charge in [-0.3, -0.25) is 0 Å². The van der Waals surface area contributed by atoms with Crippen molar-refractivity contribution in [3.63, 3.8) is 0 Å². The lowest BCUT2D eigenvalue weighted by Crippen LogP contribution is -2.11. The van der Waals surface area contributed by atoms with Gasteiger partial charge in [-0.25, -0.2) is 9.97 Å². The molecule has 0 aliphatic heterocycles. The Morgan fingerprint density at radius 2 is 2.04 bits per heavy atom. The summed E-state index contributed by atoms with van der Waals surface area (Å²) in [5.41, 5.74) is 8.14. The molecule has 5 nitrogen and oxygen atoms in total. The van der Waals surface area contributed by atoms with Crippen LogP contribution >= 0.6 is 11.6 Å². The molecule has 0 atom stereocenters. The third kappa shape index (κ3) is 2.97. The number of aromatic nitrogens is 3. The molecule has 1 saturated carbocycles. The highest BCUT2D eigenvalue weighted by Gasteiger charge is 2.29. The molecule has 1 aliphatic carbocycles. The number of nitrogens with two attached hydrogens (primary N) is 1. The number of hydrogen-bond donors (Lipinski definition) is 1. The first kappa shape index (κ1) is 14.3. The summed E-state index contributed by atoms with van der Waals surface area (Å²) in [7, 11) is 0. The van der Waals surface area contributed by atoms with Crippen LogP contribution in [0.3, 0.4) is 0 Å². The maximum absolute atomic E-state index is 6.03. The Morgan fingerprint density at radius 3 is 2.78 bits per heavy atom. The summed E-state index contributed by atoms with van der Waals surface area (Å²) in [6, 6.07) is 9.29. The summed E-state index contributed by atoms with van der Waals surface area (Å²) in [4.78, 5) is 9.16. The number of pyridine rings is 1. The minimum absolute atomic E-state index is 0.541. The fraction of sp³-hybridized carbons (Fsp3) is 0.294. The molecule has 0 radical (unpaired) electrons. The number of ether oxygens (including phenoxy) is 1. The van der Waals surface area contributed by atoms with Crippen molar-refractivity contribution < 1.29 is 4.74 Å². The number of rotatable bonds is 5. The number of halogens is 1. The van der Waals surface area contributed by atoms with Crippen molar-refractivity contribution in [3.8, 4) is 5.75 Å². The first-order chi connectivity index (χ1) is 11.2. The lowest BCUT2D eigenvalue weighted by atomic mass is 10.3. The summed E-state index contributed by atoms with van der Waals surface area (Å²) < 4.78 is 7.96. The van der Waals surface area contributed by atoms with Crippen LogP contribution in [0.25, 0.3) is 11.2 Å². The Kier molecular flexibility index (Phi) is 3.58. The average Bonchev–Trinajstić information content (AvgIpc) is 3.32. The van der Waals surface area contributed by atoms with E-state index in [0.29, 0.717) is 24.1 Å². The number of anilines is 1. The number of fused-ring (bicyclic) bond motifs is 1. The number of benzene rings is 1. The van der Waals surface area contributed by atoms with Crippen molar-refractivity contribution in [2.75, 3.05) is 12.3 Å². The molecule has 0 bridgehead atoms. The Hall–Kier alpha value is -2.27. The molecule has 1 aliphatic rings. The van der Waals surface area contributed by atoms with Gasteiger partial charge in [0.1, 0.15) is 23.7 Å². The van der Waals surface area contributed by atoms with Gasteiger partial charge in [0.15, 0.2) is 5.65 Å². The predicted octanol–water partition coefficient (Wildman–Crippen LogP) is 3.62. The van der Waals surface area contributed by atoms with E-state index in [1.165, 1.54) is 12.8 Å². The normalized spacial score (nSPS) is 14.3. The molecule has 0 saturated heterocycles. The molecule has 0 amide bonds. The predicted molar refractivity (Wildman–Crippen MR) is 90.9 cm³/mol. The second kappa shape index (κ2) is 5.74. The zero-order valence-electron chi connectivity index (χ0n) is 12.6. The molecular formula is C17H17ClN4O. The first-order valence-electron chi connectivity index (χ1n) is 7.71. The Balaban J connectivity index is 1.55. The van der Waals surface area contributed by atoms with Crippen LogP contribution in [0.2, 0.25) is 5.02 Å². The Morgan fingerprint density at radius 1 is 1.26 bits per heavy atom. The van der Waals surface area contributed by atoms with Gasteiger partial charge in [-0.1, -0.05) is 11.6 Å². The van der Waals surface area contributed by atoms with Gasteiger partial charge in [-0.05, 0) is 43.2 Å². The maximum atomic E-state index is 6.03. The van der Waals surface area contributed by atoms with Crippen LogP contribution in [0.5, 0.6) is 5.75 Å². The van der Waals surface area contributed by atoms with Crippen LogP contribution < -0.4 is 10.5 Å². The van der Waals surface area contributed by atoms with E-state index in [4.69, 9.17) is 27.1 Å². The van der Waals surface area contributed by atoms with Crippen LogP contribution in [-0.2, 0) is 6.54 Å². The zero-order chi connectivity index (χ0) is 15.8. The zero-order valence-corrected chi connectivity index (χ0v) is 13.3. The molecule has 0 unspecified atom stereocenters. The molecule has 1 fully saturated rings. The molecule has 3 aromatic rings. The van der Waals surface area contributed by atoms with Crippen molar-refractivity contribution >= 4 is 28.5 Å². The van der Waals surface area contributed by atoms with Crippen LogP contribution in [0.4, 0.5) is 5.69 Å². The van der Waals surface area contributed by atoms with E-state index in [9.17, 15) is 0 Å². The highest BCUT2D eigenvalue weighted by atomic mass is 35.5. The second-order valence-corrected chi connectivity index (χ2v) is 6.25. The van der Waals surface area contributed by atoms with Crippen molar-refractivity contribution in [1.29, 1.82) is 0 Å². The molecule has 2 heterocycles. The highest BCUT2D eigenvalue weighted by Crippen LogP contribution is 2.40. The van der Waals surface area contributed by atoms with Crippen molar-refractivity contribution in [2.24, 2.45) is 0 Å². The van der Waals surface area contributed by atoms with E-state index < -0.39 is 0 Å². The van der Waals surface area contributed by atoms with Gasteiger partial charge in [-0.15, -0.1) is 0 Å². The minimum atomic E-state index is 0.541. The third-order valence-corrected chi connectivity index (χ3v) is 4.19. The van der Waals surface area contributed by atoms with Gasteiger partial charge in [0.2, 0.25) is 0 Å². The lowest BCUT2D eigenvalue weighted by Gasteiger charge is -2.10. The standard InChI is InChI=1S/C17H17ClN4O/c18-12-9-15-17(20-10-12)22(16(21-15)11-1-2-11)7-8-23-14-5-3-13(19)4-6-14/h3-6,9-11H,1-2,7-8,19H2. The summed E-state index contributed by atoms with van der Waals surface area (Å²) in [5, 5.41) is 0.614. The van der Waals surface area contributed by atoms with Gasteiger partial charge < -0.3 is 15.0 Å². The molecule has 118 valence electrons. The third-order valence-electron chi connectivity index (χ3n) is 3.99. The summed E-state index contributed by atoms with van der Waals surface area (Å²) in [6.45, 7) is 1.26. The molecule has 4 rings (SSSR count). The fourth-order valence-electron chi connectivity index (χ4n) is 2.70. The molecule has 2 N–H and O–H groups in total. The van der Waals surface area contributed by atoms with Crippen LogP contribution in [0, 0.1) is 0 Å². The van der Waals surface area contributed by atoms with Crippen molar-refractivity contribution in [3.05, 3.63) is 47.4 Å². The number of nitrogen functional groups attached to an aromatic ring is 1. The summed E-state index contributed by atoms with van der Waals surface area (Å²) in [5.74, 6) is 2.45. The summed E-state index contributed by atoms with van der Waals surface area (Å²) >= 11 is 6.03. The van der Waals surface area contributed by atoms with Gasteiger partial charge in [-0.2, -0.15) is 0 Å². The molecule has 2 aromatic heterocycles. The molecular weight excluding hydrogens is 312 g/mol. The van der Waals surface area contributed by atoms with Crippen LogP contribution in [0.1, 0.15) is 24.6 Å². The Labute approximate surface area is 139 Å². The van der Waals surface area contributed by atoms with Gasteiger partial charge in [0, 0.05) is 17.8 Å². The monoisotopic (exact) mass is 328 g/mol. The first-order valence-corrected chi connectivity index (χ1v) is 8.08. The van der Waals surface area contributed by atoms with E-state index in [1.54, 1.807) is 6.20 Å². The number of hydrogen-bond acceptors (Lipinski definition) is 4. The molecule has 0 spiro atoms. The van der Waals surface area contributed by atoms with Crippen molar-refractivity contribution in [2.45, 2.75) is 25.3 Å². The van der Waals surface area contributed by atoms with E-state index >= 15 is 0 Å². The SMILES string of the molecule is Nc1ccc(OCCn2c(C3CC3)nc3cc(Cl)cnc32)cc1. The number of nitrogens with zero attached hydrogens (tertiary/aromatic N) is 3. The minimum Gasteiger partial charge on any atom is -0.492 e. The summed E-state index contributed by atoms with van der Waals surface area (Å²) in [6.07, 6.45) is 4.05. The van der Waals surface area contributed by atoms with Gasteiger partial charge in [0.05, 0.1) is 11.6 Å². The lowest BCUT2D eigenvalue weighted by molar-refractivity contribution is 0.298. The van der Waals surface area contributed by atoms with E-state index in [2.05, 4.69) is 9.55 Å². The van der Waals surface area contributed by atoms with Crippen LogP contribution in [-0.4, -0.2) is 21.1 Å². The average molecular weight is 329 g/mol. The highest BCUT2D eigenvalue weighted by molar-refractivity contribution is 6.31. The smallest absolute Gasteiger partial charge is 0.160 e. The van der Waals surface area contributed by atoms with Crippen molar-refractivity contribution in [1.82, 2.24) is 14.5 Å². The maximum Gasteiger partial charge on any atom is 0.160 e. The van der Waals surface area contributed by atoms with E-state index in [1.807, 2.05) is 30.3 Å². The number of imidazole rings is 1. The Bertz CT molecular complexity index is 840.